The van der Waals surface area contributed by atoms with Gasteiger partial charge in [-0.25, -0.2) is 0 Å². The summed E-state index contributed by atoms with van der Waals surface area (Å²) in [6.07, 6.45) is 9.58. The van der Waals surface area contributed by atoms with Crippen molar-refractivity contribution in [2.75, 3.05) is 6.54 Å². The second-order valence-corrected chi connectivity index (χ2v) is 7.48. The fourth-order valence-electron chi connectivity index (χ4n) is 5.36. The average molecular weight is 291 g/mol. The van der Waals surface area contributed by atoms with Gasteiger partial charge >= 0.3 is 5.97 Å². The molecule has 4 heteroatoms. The lowest BCUT2D eigenvalue weighted by molar-refractivity contribution is -0.150. The van der Waals surface area contributed by atoms with Crippen LogP contribution < -0.4 is 5.32 Å². The first-order chi connectivity index (χ1) is 10.2. The smallest absolute Gasteiger partial charge is 0.325 e. The van der Waals surface area contributed by atoms with Gasteiger partial charge in [-0.05, 0) is 68.6 Å². The van der Waals surface area contributed by atoms with Crippen molar-refractivity contribution in [3.63, 3.8) is 0 Å². The molecule has 4 nitrogen and oxygen atoms in total. The molecule has 0 aromatic heterocycles. The zero-order chi connectivity index (χ0) is 14.4. The molecular formula is C17H25NO3. The number of carbonyl (C=O) groups excluding carboxylic acids is 2. The summed E-state index contributed by atoms with van der Waals surface area (Å²) in [6.45, 7) is 0.0562. The highest BCUT2D eigenvalue weighted by Crippen LogP contribution is 2.69. The minimum Gasteiger partial charge on any atom is -0.461 e. The second-order valence-electron chi connectivity index (χ2n) is 7.48. The summed E-state index contributed by atoms with van der Waals surface area (Å²) in [6, 6.07) is 0. The Morgan fingerprint density at radius 1 is 0.952 bits per heavy atom. The molecule has 0 aliphatic heterocycles. The van der Waals surface area contributed by atoms with E-state index in [1.54, 1.807) is 0 Å². The molecule has 1 amide bonds. The van der Waals surface area contributed by atoms with Crippen LogP contribution in [0.3, 0.4) is 0 Å². The second kappa shape index (κ2) is 5.29. The number of hydrogen-bond donors (Lipinski definition) is 1. The molecule has 0 radical (unpaired) electrons. The molecule has 4 aliphatic rings. The predicted molar refractivity (Wildman–Crippen MR) is 77.3 cm³/mol. The standard InChI is InChI=1S/C17H25NO3/c19-13(21-12-4-2-1-3-5-12)9-18-17(20)16-14-10-6-7-11(8-10)15(14)16/h10-12,14-16H,1-9H2,(H,18,20)/t10-,11-,14-,15-/m0/s1. The summed E-state index contributed by atoms with van der Waals surface area (Å²) in [4.78, 5) is 24.0. The topological polar surface area (TPSA) is 55.4 Å². The van der Waals surface area contributed by atoms with E-state index < -0.39 is 0 Å². The molecule has 0 aromatic carbocycles. The molecule has 1 N–H and O–H groups in total. The number of rotatable bonds is 4. The lowest BCUT2D eigenvalue weighted by Crippen LogP contribution is -2.35. The molecule has 4 aliphatic carbocycles. The van der Waals surface area contributed by atoms with Gasteiger partial charge in [-0.15, -0.1) is 0 Å². The predicted octanol–water partition coefficient (Wildman–Crippen LogP) is 2.27. The molecule has 4 saturated carbocycles. The van der Waals surface area contributed by atoms with E-state index in [0.717, 1.165) is 37.5 Å². The fraction of sp³-hybridized carbons (Fsp3) is 0.882. The molecule has 0 saturated heterocycles. The summed E-state index contributed by atoms with van der Waals surface area (Å²) in [5.41, 5.74) is 0. The Labute approximate surface area is 126 Å². The molecule has 4 fully saturated rings. The van der Waals surface area contributed by atoms with Crippen LogP contribution in [-0.2, 0) is 14.3 Å². The van der Waals surface area contributed by atoms with Crippen molar-refractivity contribution in [3.8, 4) is 0 Å². The van der Waals surface area contributed by atoms with Gasteiger partial charge in [-0.1, -0.05) is 6.42 Å². The van der Waals surface area contributed by atoms with Crippen LogP contribution in [-0.4, -0.2) is 24.5 Å². The quantitative estimate of drug-likeness (QED) is 0.808. The van der Waals surface area contributed by atoms with Crippen LogP contribution in [0.1, 0.15) is 51.4 Å². The maximum absolute atomic E-state index is 12.2. The van der Waals surface area contributed by atoms with Crippen molar-refractivity contribution in [2.24, 2.45) is 29.6 Å². The van der Waals surface area contributed by atoms with E-state index in [1.165, 1.54) is 25.7 Å². The third kappa shape index (κ3) is 2.47. The number of fused-ring (bicyclic) bond motifs is 5. The van der Waals surface area contributed by atoms with Gasteiger partial charge in [0.25, 0.3) is 0 Å². The van der Waals surface area contributed by atoms with E-state index in [-0.39, 0.29) is 30.4 Å². The molecule has 2 bridgehead atoms. The monoisotopic (exact) mass is 291 g/mol. The van der Waals surface area contributed by atoms with E-state index in [9.17, 15) is 9.59 Å². The van der Waals surface area contributed by atoms with E-state index in [2.05, 4.69) is 5.32 Å². The van der Waals surface area contributed by atoms with Crippen molar-refractivity contribution in [1.29, 1.82) is 0 Å². The molecule has 4 atom stereocenters. The Balaban J connectivity index is 1.20. The van der Waals surface area contributed by atoms with Gasteiger partial charge in [-0.3, -0.25) is 9.59 Å². The highest BCUT2D eigenvalue weighted by Gasteiger charge is 2.67. The van der Waals surface area contributed by atoms with Crippen LogP contribution in [0.5, 0.6) is 0 Å². The van der Waals surface area contributed by atoms with E-state index in [1.807, 2.05) is 0 Å². The van der Waals surface area contributed by atoms with Crippen LogP contribution in [0.15, 0.2) is 0 Å². The molecule has 0 aromatic rings. The Morgan fingerprint density at radius 3 is 2.29 bits per heavy atom. The van der Waals surface area contributed by atoms with Crippen molar-refractivity contribution in [2.45, 2.75) is 57.5 Å². The molecule has 0 spiro atoms. The Morgan fingerprint density at radius 2 is 1.62 bits per heavy atom. The van der Waals surface area contributed by atoms with Gasteiger partial charge in [0.05, 0.1) is 0 Å². The minimum atomic E-state index is -0.260. The number of carbonyl (C=O) groups is 2. The molecular weight excluding hydrogens is 266 g/mol. The van der Waals surface area contributed by atoms with Gasteiger partial charge in [0.15, 0.2) is 0 Å². The summed E-state index contributed by atoms with van der Waals surface area (Å²) in [5, 5.41) is 2.82. The Bertz CT molecular complexity index is 427. The molecule has 0 heterocycles. The zero-order valence-electron chi connectivity index (χ0n) is 12.6. The summed E-state index contributed by atoms with van der Waals surface area (Å²) in [7, 11) is 0. The summed E-state index contributed by atoms with van der Waals surface area (Å²) >= 11 is 0. The van der Waals surface area contributed by atoms with Crippen LogP contribution in [0, 0.1) is 29.6 Å². The van der Waals surface area contributed by atoms with Crippen LogP contribution in [0.25, 0.3) is 0 Å². The van der Waals surface area contributed by atoms with Gasteiger partial charge in [0, 0.05) is 5.92 Å². The first-order valence-corrected chi connectivity index (χ1v) is 8.71. The van der Waals surface area contributed by atoms with E-state index in [0.29, 0.717) is 11.8 Å². The number of nitrogens with one attached hydrogen (secondary N) is 1. The highest BCUT2D eigenvalue weighted by molar-refractivity contribution is 5.86. The van der Waals surface area contributed by atoms with Crippen molar-refractivity contribution in [3.05, 3.63) is 0 Å². The third-order valence-corrected chi connectivity index (χ3v) is 6.30. The van der Waals surface area contributed by atoms with Crippen LogP contribution >= 0.6 is 0 Å². The minimum absolute atomic E-state index is 0.0562. The lowest BCUT2D eigenvalue weighted by atomic mass is 9.98. The normalized spacial score (nSPS) is 40.7. The van der Waals surface area contributed by atoms with Gasteiger partial charge in [-0.2, -0.15) is 0 Å². The lowest BCUT2D eigenvalue weighted by Gasteiger charge is -2.21. The maximum atomic E-state index is 12.2. The maximum Gasteiger partial charge on any atom is 0.325 e. The van der Waals surface area contributed by atoms with Gasteiger partial charge < -0.3 is 10.1 Å². The van der Waals surface area contributed by atoms with Crippen molar-refractivity contribution >= 4 is 11.9 Å². The zero-order valence-corrected chi connectivity index (χ0v) is 12.6. The van der Waals surface area contributed by atoms with Crippen LogP contribution in [0.2, 0.25) is 0 Å². The number of esters is 1. The number of hydrogen-bond acceptors (Lipinski definition) is 3. The summed E-state index contributed by atoms with van der Waals surface area (Å²) in [5.74, 6) is 2.91. The highest BCUT2D eigenvalue weighted by atomic mass is 16.5. The first kappa shape index (κ1) is 13.6. The van der Waals surface area contributed by atoms with Gasteiger partial charge in [0.2, 0.25) is 5.91 Å². The Kier molecular flexibility index (Phi) is 3.43. The molecule has 116 valence electrons. The largest absolute Gasteiger partial charge is 0.461 e. The number of amides is 1. The third-order valence-electron chi connectivity index (χ3n) is 6.30. The van der Waals surface area contributed by atoms with Crippen molar-refractivity contribution in [1.82, 2.24) is 5.32 Å². The van der Waals surface area contributed by atoms with E-state index >= 15 is 0 Å². The number of ether oxygens (including phenoxy) is 1. The molecule has 4 rings (SSSR count). The van der Waals surface area contributed by atoms with Crippen LogP contribution in [0.4, 0.5) is 0 Å². The van der Waals surface area contributed by atoms with Crippen molar-refractivity contribution < 1.29 is 14.3 Å². The first-order valence-electron chi connectivity index (χ1n) is 8.71. The Hall–Kier alpha value is -1.06. The fourth-order valence-corrected chi connectivity index (χ4v) is 5.36. The molecule has 21 heavy (non-hydrogen) atoms. The average Bonchev–Trinajstić information content (AvgIpc) is 2.94. The molecule has 0 unspecified atom stereocenters. The van der Waals surface area contributed by atoms with E-state index in [4.69, 9.17) is 4.74 Å². The van der Waals surface area contributed by atoms with Gasteiger partial charge in [0.1, 0.15) is 12.6 Å². The SMILES string of the molecule is O=C(CNC(=O)C1[C@H]2[C@H]3CC[C@@H](C3)[C@H]12)OC1CCCCC1. The summed E-state index contributed by atoms with van der Waals surface area (Å²) < 4.78 is 5.44.